The molecule has 4 rings (SSSR count). The van der Waals surface area contributed by atoms with E-state index in [9.17, 15) is 13.2 Å². The van der Waals surface area contributed by atoms with Crippen molar-refractivity contribution in [3.63, 3.8) is 0 Å². The molecule has 1 aromatic heterocycles. The van der Waals surface area contributed by atoms with E-state index in [-0.39, 0.29) is 10.8 Å². The van der Waals surface area contributed by atoms with Gasteiger partial charge in [0.25, 0.3) is 5.91 Å². The van der Waals surface area contributed by atoms with Gasteiger partial charge in [0.1, 0.15) is 5.82 Å². The Morgan fingerprint density at radius 3 is 2.50 bits per heavy atom. The topological polar surface area (TPSA) is 84.3 Å². The molecule has 3 aromatic rings. The Hall–Kier alpha value is -2.97. The van der Waals surface area contributed by atoms with Gasteiger partial charge in [-0.3, -0.25) is 4.79 Å². The Morgan fingerprint density at radius 2 is 1.73 bits per heavy atom. The van der Waals surface area contributed by atoms with Crippen LogP contribution in [0.15, 0.2) is 71.8 Å². The summed E-state index contributed by atoms with van der Waals surface area (Å²) >= 11 is 0. The number of sulfonamides is 1. The number of hydrogen-bond acceptors (Lipinski definition) is 4. The van der Waals surface area contributed by atoms with Crippen molar-refractivity contribution in [3.8, 4) is 0 Å². The zero-order valence-electron chi connectivity index (χ0n) is 16.6. The van der Waals surface area contributed by atoms with E-state index in [0.29, 0.717) is 31.0 Å². The van der Waals surface area contributed by atoms with Crippen molar-refractivity contribution in [3.05, 3.63) is 78.0 Å². The van der Waals surface area contributed by atoms with Crippen LogP contribution in [0.2, 0.25) is 0 Å². The molecule has 0 bridgehead atoms. The van der Waals surface area contributed by atoms with Gasteiger partial charge in [-0.2, -0.15) is 9.40 Å². The lowest BCUT2D eigenvalue weighted by Crippen LogP contribution is -2.35. The van der Waals surface area contributed by atoms with E-state index < -0.39 is 10.0 Å². The number of piperidine rings is 1. The third kappa shape index (κ3) is 4.44. The highest BCUT2D eigenvalue weighted by Gasteiger charge is 2.26. The van der Waals surface area contributed by atoms with Crippen LogP contribution in [0.1, 0.15) is 35.2 Å². The summed E-state index contributed by atoms with van der Waals surface area (Å²) in [4.78, 5) is 13.0. The summed E-state index contributed by atoms with van der Waals surface area (Å²) in [5.41, 5.74) is 1.35. The molecule has 30 heavy (non-hydrogen) atoms. The van der Waals surface area contributed by atoms with Crippen LogP contribution in [-0.4, -0.2) is 41.5 Å². The lowest BCUT2D eigenvalue weighted by molar-refractivity contribution is 0.102. The number of hydrogen-bond donors (Lipinski definition) is 1. The van der Waals surface area contributed by atoms with E-state index in [4.69, 9.17) is 0 Å². The van der Waals surface area contributed by atoms with Gasteiger partial charge in [0.2, 0.25) is 10.0 Å². The van der Waals surface area contributed by atoms with Crippen LogP contribution < -0.4 is 5.32 Å². The Kier molecular flexibility index (Phi) is 5.96. The Morgan fingerprint density at radius 1 is 0.967 bits per heavy atom. The maximum atomic E-state index is 12.9. The molecular formula is C22H24N4O3S. The second-order valence-electron chi connectivity index (χ2n) is 7.31. The highest BCUT2D eigenvalue weighted by atomic mass is 32.2. The van der Waals surface area contributed by atoms with E-state index in [1.165, 1.54) is 10.4 Å². The van der Waals surface area contributed by atoms with Crippen molar-refractivity contribution in [2.75, 3.05) is 18.4 Å². The summed E-state index contributed by atoms with van der Waals surface area (Å²) in [6.45, 7) is 1.57. The minimum atomic E-state index is -3.59. The van der Waals surface area contributed by atoms with Gasteiger partial charge in [-0.25, -0.2) is 13.1 Å². The monoisotopic (exact) mass is 424 g/mol. The van der Waals surface area contributed by atoms with Crippen molar-refractivity contribution in [2.45, 2.75) is 30.7 Å². The molecule has 2 aromatic carbocycles. The van der Waals surface area contributed by atoms with E-state index in [1.807, 2.05) is 30.3 Å². The molecule has 0 atom stereocenters. The molecule has 1 N–H and O–H groups in total. The number of benzene rings is 2. The summed E-state index contributed by atoms with van der Waals surface area (Å²) in [6, 6.07) is 17.7. The molecule has 0 aliphatic carbocycles. The average Bonchev–Trinajstić information content (AvgIpc) is 3.21. The smallest absolute Gasteiger partial charge is 0.256 e. The van der Waals surface area contributed by atoms with Crippen LogP contribution in [0.4, 0.5) is 5.82 Å². The number of nitrogens with zero attached hydrogens (tertiary/aromatic N) is 3. The Balaban J connectivity index is 1.51. The molecule has 1 amide bonds. The van der Waals surface area contributed by atoms with Crippen molar-refractivity contribution >= 4 is 21.7 Å². The van der Waals surface area contributed by atoms with E-state index >= 15 is 0 Å². The predicted octanol–water partition coefficient (Wildman–Crippen LogP) is 3.36. The molecule has 0 unspecified atom stereocenters. The first-order chi connectivity index (χ1) is 14.5. The fourth-order valence-electron chi connectivity index (χ4n) is 3.56. The molecule has 7 nitrogen and oxygen atoms in total. The molecule has 2 heterocycles. The lowest BCUT2D eigenvalue weighted by Gasteiger charge is -2.26. The van der Waals surface area contributed by atoms with Gasteiger partial charge < -0.3 is 5.32 Å². The molecule has 1 aliphatic rings. The summed E-state index contributed by atoms with van der Waals surface area (Å²) in [5.74, 6) is 0.175. The summed E-state index contributed by atoms with van der Waals surface area (Å²) in [7, 11) is -3.59. The number of nitrogens with one attached hydrogen (secondary N) is 1. The zero-order valence-corrected chi connectivity index (χ0v) is 17.4. The van der Waals surface area contributed by atoms with Crippen LogP contribution in [0.3, 0.4) is 0 Å². The Labute approximate surface area is 176 Å². The van der Waals surface area contributed by atoms with Crippen molar-refractivity contribution in [2.24, 2.45) is 0 Å². The first-order valence-corrected chi connectivity index (χ1v) is 11.5. The molecule has 1 saturated heterocycles. The Bertz CT molecular complexity index is 1120. The molecule has 1 fully saturated rings. The minimum Gasteiger partial charge on any atom is -0.307 e. The van der Waals surface area contributed by atoms with Crippen molar-refractivity contribution < 1.29 is 13.2 Å². The molecule has 0 spiro atoms. The van der Waals surface area contributed by atoms with E-state index in [1.54, 1.807) is 35.1 Å². The third-order valence-corrected chi connectivity index (χ3v) is 7.08. The average molecular weight is 425 g/mol. The lowest BCUT2D eigenvalue weighted by atomic mass is 10.2. The maximum Gasteiger partial charge on any atom is 0.256 e. The second kappa shape index (κ2) is 8.81. The molecule has 1 aliphatic heterocycles. The fourth-order valence-corrected chi connectivity index (χ4v) is 5.13. The quantitative estimate of drug-likeness (QED) is 0.658. The van der Waals surface area contributed by atoms with Crippen LogP contribution in [-0.2, 0) is 16.6 Å². The first kappa shape index (κ1) is 20.3. The van der Waals surface area contributed by atoms with E-state index in [2.05, 4.69) is 10.4 Å². The van der Waals surface area contributed by atoms with Crippen molar-refractivity contribution in [1.82, 2.24) is 14.1 Å². The van der Waals surface area contributed by atoms with Gasteiger partial charge in [-0.15, -0.1) is 0 Å². The van der Waals surface area contributed by atoms with Crippen LogP contribution >= 0.6 is 0 Å². The van der Waals surface area contributed by atoms with Gasteiger partial charge in [0.15, 0.2) is 0 Å². The molecule has 0 saturated carbocycles. The number of rotatable bonds is 6. The normalized spacial score (nSPS) is 15.1. The van der Waals surface area contributed by atoms with Crippen LogP contribution in [0.5, 0.6) is 0 Å². The van der Waals surface area contributed by atoms with Crippen LogP contribution in [0.25, 0.3) is 0 Å². The summed E-state index contributed by atoms with van der Waals surface area (Å²) in [5, 5.41) is 7.11. The van der Waals surface area contributed by atoms with Gasteiger partial charge in [-0.05, 0) is 36.6 Å². The zero-order chi connectivity index (χ0) is 21.0. The largest absolute Gasteiger partial charge is 0.307 e. The first-order valence-electron chi connectivity index (χ1n) is 10.0. The third-order valence-electron chi connectivity index (χ3n) is 5.18. The number of anilines is 1. The second-order valence-corrected chi connectivity index (χ2v) is 9.24. The number of aromatic nitrogens is 2. The van der Waals surface area contributed by atoms with E-state index in [0.717, 1.165) is 24.8 Å². The summed E-state index contributed by atoms with van der Waals surface area (Å²) in [6.07, 6.45) is 4.40. The number of amides is 1. The standard InChI is InChI=1S/C22H24N4O3S/c27-22(24-21-12-13-23-26(21)17-18-8-3-1-4-9-18)19-10-7-11-20(16-19)30(28,29)25-14-5-2-6-15-25/h1,3-4,7-13,16H,2,5-6,14-15,17H2,(H,24,27). The number of carbonyl (C=O) groups excluding carboxylic acids is 1. The highest BCUT2D eigenvalue weighted by Crippen LogP contribution is 2.22. The minimum absolute atomic E-state index is 0.148. The molecule has 0 radical (unpaired) electrons. The van der Waals surface area contributed by atoms with Crippen LogP contribution in [0, 0.1) is 0 Å². The van der Waals surface area contributed by atoms with Gasteiger partial charge >= 0.3 is 0 Å². The summed E-state index contributed by atoms with van der Waals surface area (Å²) < 4.78 is 29.0. The van der Waals surface area contributed by atoms with Gasteiger partial charge in [-0.1, -0.05) is 42.8 Å². The predicted molar refractivity (Wildman–Crippen MR) is 115 cm³/mol. The van der Waals surface area contributed by atoms with Gasteiger partial charge in [0, 0.05) is 24.7 Å². The SMILES string of the molecule is O=C(Nc1ccnn1Cc1ccccc1)c1cccc(S(=O)(=O)N2CCCCC2)c1. The maximum absolute atomic E-state index is 12.9. The molecular weight excluding hydrogens is 400 g/mol. The number of carbonyl (C=O) groups is 1. The van der Waals surface area contributed by atoms with Gasteiger partial charge in [0.05, 0.1) is 17.6 Å². The highest BCUT2D eigenvalue weighted by molar-refractivity contribution is 7.89. The van der Waals surface area contributed by atoms with Crippen molar-refractivity contribution in [1.29, 1.82) is 0 Å². The fraction of sp³-hybridized carbons (Fsp3) is 0.273. The molecule has 8 heteroatoms. The molecule has 156 valence electrons.